The number of benzene rings is 1. The molecule has 0 fully saturated rings. The Morgan fingerprint density at radius 1 is 1.10 bits per heavy atom. The molecule has 0 saturated carbocycles. The lowest BCUT2D eigenvalue weighted by Gasteiger charge is -2.05. The number of non-ortho nitro benzene ring substituents is 1. The quantitative estimate of drug-likeness (QED) is 0.289. The average Bonchev–Trinajstić information content (AvgIpc) is 3.03. The fourth-order valence-electron chi connectivity index (χ4n) is 2.47. The van der Waals surface area contributed by atoms with E-state index in [-0.39, 0.29) is 34.3 Å². The van der Waals surface area contributed by atoms with E-state index in [9.17, 15) is 24.5 Å². The van der Waals surface area contributed by atoms with Crippen molar-refractivity contribution in [1.82, 2.24) is 0 Å². The molecule has 9 nitrogen and oxygen atoms in total. The molecule has 10 heteroatoms. The van der Waals surface area contributed by atoms with E-state index in [0.29, 0.717) is 11.1 Å². The van der Waals surface area contributed by atoms with Gasteiger partial charge in [-0.25, -0.2) is 9.59 Å². The first-order valence-electron chi connectivity index (χ1n) is 8.99. The molecule has 0 spiro atoms. The summed E-state index contributed by atoms with van der Waals surface area (Å²) in [4.78, 5) is 47.2. The van der Waals surface area contributed by atoms with Crippen LogP contribution in [-0.4, -0.2) is 36.0 Å². The van der Waals surface area contributed by atoms with E-state index in [1.165, 1.54) is 36.4 Å². The summed E-state index contributed by atoms with van der Waals surface area (Å²) in [6.45, 7) is 5.20. The SMILES string of the molecule is CCOC(=O)c1sc(NC(=O)C=Cc2ccc([N+](=O)[O-])cc2)c(C(=O)OCC)c1C. The number of hydrogen-bond donors (Lipinski definition) is 1. The molecule has 30 heavy (non-hydrogen) atoms. The molecule has 0 unspecified atom stereocenters. The molecule has 1 aromatic heterocycles. The van der Waals surface area contributed by atoms with Gasteiger partial charge in [-0.05, 0) is 50.1 Å². The third-order valence-electron chi connectivity index (χ3n) is 3.85. The molecule has 0 radical (unpaired) electrons. The van der Waals surface area contributed by atoms with Gasteiger partial charge in [0.15, 0.2) is 0 Å². The molecule has 0 aliphatic rings. The standard InChI is InChI=1S/C20H20N2O7S/c1-4-28-19(24)16-12(3)17(20(25)29-5-2)30-18(16)21-15(23)11-8-13-6-9-14(10-7-13)22(26)27/h6-11H,4-5H2,1-3H3,(H,21,23). The molecule has 0 atom stereocenters. The van der Waals surface area contributed by atoms with Crippen LogP contribution in [0.1, 0.15) is 45.0 Å². The predicted octanol–water partition coefficient (Wildman–Crippen LogP) is 3.97. The number of esters is 2. The highest BCUT2D eigenvalue weighted by atomic mass is 32.1. The van der Waals surface area contributed by atoms with Crippen molar-refractivity contribution in [3.8, 4) is 0 Å². The number of nitrogens with one attached hydrogen (secondary N) is 1. The van der Waals surface area contributed by atoms with Crippen molar-refractivity contribution in [1.29, 1.82) is 0 Å². The summed E-state index contributed by atoms with van der Waals surface area (Å²) in [6, 6.07) is 5.65. The fourth-order valence-corrected chi connectivity index (χ4v) is 3.57. The van der Waals surface area contributed by atoms with Crippen LogP contribution in [0.2, 0.25) is 0 Å². The van der Waals surface area contributed by atoms with Gasteiger partial charge in [-0.15, -0.1) is 11.3 Å². The maximum absolute atomic E-state index is 12.3. The Bertz CT molecular complexity index is 993. The van der Waals surface area contributed by atoms with Gasteiger partial charge in [-0.3, -0.25) is 14.9 Å². The number of carbonyl (C=O) groups excluding carboxylic acids is 3. The molecule has 1 N–H and O–H groups in total. The molecule has 2 rings (SSSR count). The first kappa shape index (κ1) is 22.8. The van der Waals surface area contributed by atoms with Crippen molar-refractivity contribution >= 4 is 45.9 Å². The van der Waals surface area contributed by atoms with Gasteiger partial charge in [0.05, 0.1) is 23.7 Å². The number of ether oxygens (including phenoxy) is 2. The highest BCUT2D eigenvalue weighted by molar-refractivity contribution is 7.18. The van der Waals surface area contributed by atoms with Gasteiger partial charge in [0.1, 0.15) is 9.88 Å². The summed E-state index contributed by atoms with van der Waals surface area (Å²) >= 11 is 0.927. The number of anilines is 1. The highest BCUT2D eigenvalue weighted by Crippen LogP contribution is 2.34. The highest BCUT2D eigenvalue weighted by Gasteiger charge is 2.27. The largest absolute Gasteiger partial charge is 0.462 e. The van der Waals surface area contributed by atoms with E-state index in [2.05, 4.69) is 5.32 Å². The van der Waals surface area contributed by atoms with Gasteiger partial charge in [0.25, 0.3) is 5.69 Å². The van der Waals surface area contributed by atoms with Gasteiger partial charge < -0.3 is 14.8 Å². The number of thiophene rings is 1. The molecule has 2 aromatic rings. The van der Waals surface area contributed by atoms with E-state index in [1.54, 1.807) is 20.8 Å². The first-order valence-corrected chi connectivity index (χ1v) is 9.81. The lowest BCUT2D eigenvalue weighted by Crippen LogP contribution is -2.13. The van der Waals surface area contributed by atoms with Crippen LogP contribution < -0.4 is 5.32 Å². The Morgan fingerprint density at radius 2 is 1.70 bits per heavy atom. The van der Waals surface area contributed by atoms with Crippen LogP contribution in [0.15, 0.2) is 30.3 Å². The zero-order chi connectivity index (χ0) is 22.3. The summed E-state index contributed by atoms with van der Waals surface area (Å²) in [6.07, 6.45) is 2.69. The van der Waals surface area contributed by atoms with Gasteiger partial charge in [0.2, 0.25) is 5.91 Å². The Labute approximate surface area is 176 Å². The second-order valence-corrected chi connectivity index (χ2v) is 6.89. The second kappa shape index (κ2) is 10.3. The lowest BCUT2D eigenvalue weighted by molar-refractivity contribution is -0.384. The minimum atomic E-state index is -0.656. The van der Waals surface area contributed by atoms with Crippen molar-refractivity contribution in [2.75, 3.05) is 18.5 Å². The number of nitro groups is 1. The van der Waals surface area contributed by atoms with Crippen molar-refractivity contribution in [2.45, 2.75) is 20.8 Å². The molecule has 0 aliphatic carbocycles. The van der Waals surface area contributed by atoms with Crippen molar-refractivity contribution in [2.24, 2.45) is 0 Å². The Kier molecular flexibility index (Phi) is 7.82. The topological polar surface area (TPSA) is 125 Å². The zero-order valence-electron chi connectivity index (χ0n) is 16.6. The zero-order valence-corrected chi connectivity index (χ0v) is 17.4. The number of carbonyl (C=O) groups is 3. The van der Waals surface area contributed by atoms with Crippen molar-refractivity contribution in [3.05, 3.63) is 62.0 Å². The summed E-state index contributed by atoms with van der Waals surface area (Å²) in [5, 5.41) is 13.4. The molecule has 158 valence electrons. The fraction of sp³-hybridized carbons (Fsp3) is 0.250. The summed E-state index contributed by atoms with van der Waals surface area (Å²) in [5.74, 6) is -1.79. The monoisotopic (exact) mass is 432 g/mol. The van der Waals surface area contributed by atoms with Crippen LogP contribution in [0.5, 0.6) is 0 Å². The van der Waals surface area contributed by atoms with E-state index in [1.807, 2.05) is 0 Å². The average molecular weight is 432 g/mol. The smallest absolute Gasteiger partial charge is 0.348 e. The van der Waals surface area contributed by atoms with E-state index in [4.69, 9.17) is 9.47 Å². The molecule has 1 aromatic carbocycles. The number of nitrogens with zero attached hydrogens (tertiary/aromatic N) is 1. The minimum absolute atomic E-state index is 0.0590. The van der Waals surface area contributed by atoms with Gasteiger partial charge >= 0.3 is 11.9 Å². The summed E-state index contributed by atoms with van der Waals surface area (Å²) in [7, 11) is 0. The first-order chi connectivity index (χ1) is 14.3. The molecule has 1 amide bonds. The van der Waals surface area contributed by atoms with Gasteiger partial charge in [-0.1, -0.05) is 0 Å². The Hall–Kier alpha value is -3.53. The number of rotatable bonds is 8. The molecular formula is C20H20N2O7S. The molecule has 0 saturated heterocycles. The van der Waals surface area contributed by atoms with Crippen LogP contribution in [0.25, 0.3) is 6.08 Å². The van der Waals surface area contributed by atoms with Crippen molar-refractivity contribution in [3.63, 3.8) is 0 Å². The summed E-state index contributed by atoms with van der Waals surface area (Å²) < 4.78 is 10.0. The number of hydrogen-bond acceptors (Lipinski definition) is 8. The maximum atomic E-state index is 12.3. The molecule has 0 bridgehead atoms. The third-order valence-corrected chi connectivity index (χ3v) is 5.04. The lowest BCUT2D eigenvalue weighted by atomic mass is 10.1. The van der Waals surface area contributed by atoms with Gasteiger partial charge in [-0.2, -0.15) is 0 Å². The van der Waals surface area contributed by atoms with E-state index >= 15 is 0 Å². The molecule has 1 heterocycles. The van der Waals surface area contributed by atoms with Gasteiger partial charge in [0, 0.05) is 18.2 Å². The number of amides is 1. The van der Waals surface area contributed by atoms with Crippen LogP contribution in [0.3, 0.4) is 0 Å². The van der Waals surface area contributed by atoms with E-state index < -0.39 is 22.8 Å². The van der Waals surface area contributed by atoms with Crippen LogP contribution >= 0.6 is 11.3 Å². The number of nitro benzene ring substituents is 1. The molecular weight excluding hydrogens is 412 g/mol. The van der Waals surface area contributed by atoms with Crippen molar-refractivity contribution < 1.29 is 28.8 Å². The normalized spacial score (nSPS) is 10.6. The van der Waals surface area contributed by atoms with E-state index in [0.717, 1.165) is 11.3 Å². The third kappa shape index (κ3) is 5.51. The Morgan fingerprint density at radius 3 is 2.27 bits per heavy atom. The summed E-state index contributed by atoms with van der Waals surface area (Å²) in [5.41, 5.74) is 0.987. The molecule has 0 aliphatic heterocycles. The minimum Gasteiger partial charge on any atom is -0.462 e. The second-order valence-electron chi connectivity index (χ2n) is 5.87. The van der Waals surface area contributed by atoms with Crippen LogP contribution in [-0.2, 0) is 14.3 Å². The van der Waals surface area contributed by atoms with Crippen LogP contribution in [0.4, 0.5) is 10.7 Å². The van der Waals surface area contributed by atoms with Crippen LogP contribution in [0, 0.1) is 17.0 Å². The predicted molar refractivity (Wildman–Crippen MR) is 112 cm³/mol. The Balaban J connectivity index is 2.25. The maximum Gasteiger partial charge on any atom is 0.348 e.